The summed E-state index contributed by atoms with van der Waals surface area (Å²) in [5.41, 5.74) is 0. The predicted molar refractivity (Wildman–Crippen MR) is 95.4 cm³/mol. The first-order valence-electron chi connectivity index (χ1n) is 9.13. The fraction of sp³-hybridized carbons (Fsp3) is 0.944. The number of nitrogens with zero attached hydrogens (tertiary/aromatic N) is 1. The number of nitrogens with one attached hydrogen (secondary N) is 1. The van der Waals surface area contributed by atoms with Gasteiger partial charge in [-0.05, 0) is 62.9 Å². The number of hydrogen-bond acceptors (Lipinski definition) is 2. The molecular formula is C18H35ClN2O. The van der Waals surface area contributed by atoms with Gasteiger partial charge < -0.3 is 10.2 Å². The number of carbonyl (C=O) groups excluding carboxylic acids is 1. The van der Waals surface area contributed by atoms with Gasteiger partial charge >= 0.3 is 0 Å². The lowest BCUT2D eigenvalue weighted by atomic mass is 9.82. The van der Waals surface area contributed by atoms with Gasteiger partial charge in [0, 0.05) is 19.0 Å². The molecule has 0 saturated carbocycles. The second-order valence-electron chi connectivity index (χ2n) is 7.33. The van der Waals surface area contributed by atoms with E-state index >= 15 is 0 Å². The standard InChI is InChI=1S/C18H34N2O.ClH/c1-4-6-17-14(2)7-5-12-20(17)18(21)13-15(3)16-8-10-19-11-9-16;/h14-17,19H,4-13H2,1-3H3;1H. The van der Waals surface area contributed by atoms with E-state index in [2.05, 4.69) is 31.0 Å². The maximum Gasteiger partial charge on any atom is 0.223 e. The Labute approximate surface area is 143 Å². The third-order valence-electron chi connectivity index (χ3n) is 5.71. The van der Waals surface area contributed by atoms with Crippen LogP contribution in [-0.4, -0.2) is 36.5 Å². The van der Waals surface area contributed by atoms with Crippen LogP contribution in [0.3, 0.4) is 0 Å². The van der Waals surface area contributed by atoms with Gasteiger partial charge in [-0.2, -0.15) is 0 Å². The minimum absolute atomic E-state index is 0. The van der Waals surface area contributed by atoms with Crippen molar-refractivity contribution in [3.8, 4) is 0 Å². The van der Waals surface area contributed by atoms with E-state index in [1.54, 1.807) is 0 Å². The highest BCUT2D eigenvalue weighted by atomic mass is 35.5. The van der Waals surface area contributed by atoms with Crippen LogP contribution in [0.5, 0.6) is 0 Å². The van der Waals surface area contributed by atoms with E-state index < -0.39 is 0 Å². The quantitative estimate of drug-likeness (QED) is 0.830. The molecule has 0 bridgehead atoms. The highest BCUT2D eigenvalue weighted by Crippen LogP contribution is 2.30. The van der Waals surface area contributed by atoms with Gasteiger partial charge in [0.2, 0.25) is 5.91 Å². The van der Waals surface area contributed by atoms with Crippen LogP contribution in [0.15, 0.2) is 0 Å². The van der Waals surface area contributed by atoms with Gasteiger partial charge in [-0.25, -0.2) is 0 Å². The molecule has 3 atom stereocenters. The lowest BCUT2D eigenvalue weighted by Crippen LogP contribution is -2.48. The zero-order chi connectivity index (χ0) is 15.2. The van der Waals surface area contributed by atoms with Crippen molar-refractivity contribution in [2.75, 3.05) is 19.6 Å². The highest BCUT2D eigenvalue weighted by molar-refractivity contribution is 5.85. The maximum absolute atomic E-state index is 12.8. The Morgan fingerprint density at radius 2 is 1.95 bits per heavy atom. The summed E-state index contributed by atoms with van der Waals surface area (Å²) in [7, 11) is 0. The van der Waals surface area contributed by atoms with Gasteiger partial charge in [0.25, 0.3) is 0 Å². The van der Waals surface area contributed by atoms with E-state index in [-0.39, 0.29) is 12.4 Å². The van der Waals surface area contributed by atoms with Gasteiger partial charge in [-0.1, -0.05) is 27.2 Å². The van der Waals surface area contributed by atoms with Crippen molar-refractivity contribution in [1.82, 2.24) is 10.2 Å². The molecule has 130 valence electrons. The molecular weight excluding hydrogens is 296 g/mol. The molecule has 1 N–H and O–H groups in total. The van der Waals surface area contributed by atoms with E-state index in [0.29, 0.717) is 23.8 Å². The number of halogens is 1. The second-order valence-corrected chi connectivity index (χ2v) is 7.33. The van der Waals surface area contributed by atoms with E-state index in [9.17, 15) is 4.79 Å². The number of carbonyl (C=O) groups is 1. The van der Waals surface area contributed by atoms with Crippen LogP contribution in [0.25, 0.3) is 0 Å². The molecule has 0 aromatic heterocycles. The molecule has 3 nitrogen and oxygen atoms in total. The van der Waals surface area contributed by atoms with Crippen LogP contribution < -0.4 is 5.32 Å². The molecule has 2 rings (SSSR count). The van der Waals surface area contributed by atoms with Crippen molar-refractivity contribution in [2.45, 2.75) is 71.8 Å². The fourth-order valence-corrected chi connectivity index (χ4v) is 4.27. The van der Waals surface area contributed by atoms with Crippen molar-refractivity contribution in [3.63, 3.8) is 0 Å². The number of hydrogen-bond donors (Lipinski definition) is 1. The lowest BCUT2D eigenvalue weighted by molar-refractivity contribution is -0.138. The van der Waals surface area contributed by atoms with Gasteiger partial charge in [-0.15, -0.1) is 12.4 Å². The first-order valence-corrected chi connectivity index (χ1v) is 9.13. The van der Waals surface area contributed by atoms with Crippen molar-refractivity contribution in [2.24, 2.45) is 17.8 Å². The van der Waals surface area contributed by atoms with Crippen LogP contribution in [0.1, 0.15) is 65.7 Å². The minimum atomic E-state index is 0. The largest absolute Gasteiger partial charge is 0.339 e. The molecule has 0 aliphatic carbocycles. The van der Waals surface area contributed by atoms with E-state index in [1.165, 1.54) is 38.5 Å². The molecule has 3 unspecified atom stereocenters. The zero-order valence-corrected chi connectivity index (χ0v) is 15.5. The number of amides is 1. The normalized spacial score (nSPS) is 28.0. The molecule has 2 saturated heterocycles. The Morgan fingerprint density at radius 3 is 2.59 bits per heavy atom. The fourth-order valence-electron chi connectivity index (χ4n) is 4.27. The summed E-state index contributed by atoms with van der Waals surface area (Å²) >= 11 is 0. The predicted octanol–water partition coefficient (Wildman–Crippen LogP) is 3.86. The monoisotopic (exact) mass is 330 g/mol. The summed E-state index contributed by atoms with van der Waals surface area (Å²) in [6.07, 6.45) is 8.08. The van der Waals surface area contributed by atoms with Gasteiger partial charge in [-0.3, -0.25) is 4.79 Å². The zero-order valence-electron chi connectivity index (χ0n) is 14.6. The first kappa shape index (κ1) is 19.8. The van der Waals surface area contributed by atoms with Crippen LogP contribution in [0, 0.1) is 17.8 Å². The molecule has 0 radical (unpaired) electrons. The lowest BCUT2D eigenvalue weighted by Gasteiger charge is -2.41. The molecule has 1 amide bonds. The molecule has 2 heterocycles. The Morgan fingerprint density at radius 1 is 1.27 bits per heavy atom. The second kappa shape index (κ2) is 9.77. The van der Waals surface area contributed by atoms with Crippen LogP contribution in [-0.2, 0) is 4.79 Å². The van der Waals surface area contributed by atoms with Crippen LogP contribution in [0.4, 0.5) is 0 Å². The average Bonchev–Trinajstić information content (AvgIpc) is 2.50. The molecule has 2 aliphatic heterocycles. The molecule has 2 fully saturated rings. The number of rotatable bonds is 5. The summed E-state index contributed by atoms with van der Waals surface area (Å²) in [6.45, 7) is 10.1. The van der Waals surface area contributed by atoms with Gasteiger partial charge in [0.1, 0.15) is 0 Å². The number of likely N-dealkylation sites (tertiary alicyclic amines) is 1. The van der Waals surface area contributed by atoms with Crippen molar-refractivity contribution in [3.05, 3.63) is 0 Å². The van der Waals surface area contributed by atoms with E-state index in [0.717, 1.165) is 32.0 Å². The summed E-state index contributed by atoms with van der Waals surface area (Å²) in [5, 5.41) is 3.42. The van der Waals surface area contributed by atoms with Crippen LogP contribution >= 0.6 is 12.4 Å². The maximum atomic E-state index is 12.8. The summed E-state index contributed by atoms with van der Waals surface area (Å²) < 4.78 is 0. The molecule has 22 heavy (non-hydrogen) atoms. The van der Waals surface area contributed by atoms with Crippen LogP contribution in [0.2, 0.25) is 0 Å². The third kappa shape index (κ3) is 5.13. The highest BCUT2D eigenvalue weighted by Gasteiger charge is 2.32. The first-order chi connectivity index (χ1) is 10.1. The SMILES string of the molecule is CCCC1C(C)CCCN1C(=O)CC(C)C1CCNCC1.Cl. The third-order valence-corrected chi connectivity index (χ3v) is 5.71. The van der Waals surface area contributed by atoms with Crippen molar-refractivity contribution < 1.29 is 4.79 Å². The van der Waals surface area contributed by atoms with Gasteiger partial charge in [0.05, 0.1) is 0 Å². The molecule has 0 spiro atoms. The summed E-state index contributed by atoms with van der Waals surface area (Å²) in [4.78, 5) is 15.0. The smallest absolute Gasteiger partial charge is 0.223 e. The van der Waals surface area contributed by atoms with Gasteiger partial charge in [0.15, 0.2) is 0 Å². The topological polar surface area (TPSA) is 32.3 Å². The summed E-state index contributed by atoms with van der Waals surface area (Å²) in [6, 6.07) is 0.497. The molecule has 4 heteroatoms. The Balaban J connectivity index is 0.00000242. The van der Waals surface area contributed by atoms with Crippen molar-refractivity contribution in [1.29, 1.82) is 0 Å². The summed E-state index contributed by atoms with van der Waals surface area (Å²) in [5.74, 6) is 2.38. The van der Waals surface area contributed by atoms with E-state index in [4.69, 9.17) is 0 Å². The Kier molecular flexibility index (Phi) is 8.78. The molecule has 0 aromatic rings. The Bertz CT molecular complexity index is 331. The van der Waals surface area contributed by atoms with Crippen molar-refractivity contribution >= 4 is 18.3 Å². The minimum Gasteiger partial charge on any atom is -0.339 e. The molecule has 0 aromatic carbocycles. The molecule has 2 aliphatic rings. The number of piperidine rings is 2. The van der Waals surface area contributed by atoms with E-state index in [1.807, 2.05) is 0 Å². The Hall–Kier alpha value is -0.280. The average molecular weight is 331 g/mol.